The third-order valence-corrected chi connectivity index (χ3v) is 6.82. The van der Waals surface area contributed by atoms with Crippen molar-refractivity contribution in [3.8, 4) is 11.1 Å². The van der Waals surface area contributed by atoms with Crippen molar-refractivity contribution in [2.24, 2.45) is 0 Å². The zero-order valence-electron chi connectivity index (χ0n) is 19.6. The number of carbonyl (C=O) groups is 2. The Bertz CT molecular complexity index is 1250. The number of aromatic nitrogens is 4. The van der Waals surface area contributed by atoms with E-state index in [-0.39, 0.29) is 17.9 Å². The number of amides is 3. The van der Waals surface area contributed by atoms with Crippen molar-refractivity contribution in [1.82, 2.24) is 30.2 Å². The Morgan fingerprint density at radius 1 is 1.26 bits per heavy atom. The standard InChI is InChI=1S/C24H29N7O3/c1-14-10-17(6-9-25-14)18-11-19(16-4-7-24(8-5-16)21(32)28-23(33)29-24)31-20(18)12-26-22(30-31)27-15(2)13-34-3/h6,9-12,15-16H,4-5,7-8,13H2,1-3H3,(H,27,30)(H2,28,29,32,33)/t15-,16?,24?/m0/s1. The van der Waals surface area contributed by atoms with E-state index >= 15 is 0 Å². The van der Waals surface area contributed by atoms with Crippen LogP contribution in [0.25, 0.3) is 16.6 Å². The SMILES string of the molecule is COC[C@H](C)Nc1ncc2c(-c3ccnc(C)c3)cc(C3CCC4(CC3)NC(=O)NC4=O)n2n1. The molecule has 3 amide bonds. The third-order valence-electron chi connectivity index (χ3n) is 6.82. The van der Waals surface area contributed by atoms with E-state index in [1.54, 1.807) is 7.11 Å². The minimum absolute atomic E-state index is 0.0582. The van der Waals surface area contributed by atoms with Crippen LogP contribution in [0, 0.1) is 6.92 Å². The summed E-state index contributed by atoms with van der Waals surface area (Å²) < 4.78 is 7.19. The van der Waals surface area contributed by atoms with Crippen LogP contribution in [0.5, 0.6) is 0 Å². The first-order valence-electron chi connectivity index (χ1n) is 11.6. The maximum absolute atomic E-state index is 12.4. The predicted octanol–water partition coefficient (Wildman–Crippen LogP) is 2.78. The molecule has 3 aromatic rings. The first kappa shape index (κ1) is 22.3. The molecular formula is C24H29N7O3. The Morgan fingerprint density at radius 3 is 2.74 bits per heavy atom. The van der Waals surface area contributed by atoms with Gasteiger partial charge in [0.05, 0.1) is 18.3 Å². The fourth-order valence-electron chi connectivity index (χ4n) is 5.11. The van der Waals surface area contributed by atoms with Crippen LogP contribution in [0.2, 0.25) is 0 Å². The Hall–Kier alpha value is -3.53. The molecule has 2 fully saturated rings. The van der Waals surface area contributed by atoms with Gasteiger partial charge in [0, 0.05) is 42.2 Å². The second-order valence-corrected chi connectivity index (χ2v) is 9.31. The van der Waals surface area contributed by atoms with Crippen LogP contribution in [-0.4, -0.2) is 56.8 Å². The maximum atomic E-state index is 12.4. The number of fused-ring (bicyclic) bond motifs is 1. The molecule has 10 heteroatoms. The summed E-state index contributed by atoms with van der Waals surface area (Å²) in [7, 11) is 1.66. The first-order valence-corrected chi connectivity index (χ1v) is 11.6. The predicted molar refractivity (Wildman–Crippen MR) is 127 cm³/mol. The number of aryl methyl sites for hydroxylation is 1. The van der Waals surface area contributed by atoms with Gasteiger partial charge in [-0.15, -0.1) is 5.10 Å². The Labute approximate surface area is 197 Å². The van der Waals surface area contributed by atoms with Gasteiger partial charge in [-0.05, 0) is 63.3 Å². The summed E-state index contributed by atoms with van der Waals surface area (Å²) >= 11 is 0. The summed E-state index contributed by atoms with van der Waals surface area (Å²) in [6.45, 7) is 4.53. The van der Waals surface area contributed by atoms with Crippen LogP contribution in [0.3, 0.4) is 0 Å². The number of methoxy groups -OCH3 is 1. The normalized spacial score (nSPS) is 23.2. The monoisotopic (exact) mass is 463 g/mol. The number of urea groups is 1. The van der Waals surface area contributed by atoms with Gasteiger partial charge in [-0.3, -0.25) is 15.1 Å². The fourth-order valence-corrected chi connectivity index (χ4v) is 5.11. The lowest BCUT2D eigenvalue weighted by atomic mass is 9.75. The van der Waals surface area contributed by atoms with Crippen molar-refractivity contribution in [2.45, 2.75) is 57.0 Å². The number of hydrogen-bond acceptors (Lipinski definition) is 7. The number of ether oxygens (including phenoxy) is 1. The second kappa shape index (κ2) is 8.68. The lowest BCUT2D eigenvalue weighted by molar-refractivity contribution is -0.125. The molecule has 1 aliphatic carbocycles. The molecule has 1 spiro atoms. The molecule has 3 aromatic heterocycles. The molecule has 4 heterocycles. The molecule has 0 bridgehead atoms. The lowest BCUT2D eigenvalue weighted by Gasteiger charge is -2.34. The number of nitrogens with one attached hydrogen (secondary N) is 3. The summed E-state index contributed by atoms with van der Waals surface area (Å²) in [4.78, 5) is 33.0. The quantitative estimate of drug-likeness (QED) is 0.481. The number of anilines is 1. The van der Waals surface area contributed by atoms with E-state index in [0.29, 0.717) is 25.4 Å². The number of nitrogens with zero attached hydrogens (tertiary/aromatic N) is 4. The number of hydrogen-bond donors (Lipinski definition) is 3. The van der Waals surface area contributed by atoms with Crippen LogP contribution in [0.1, 0.15) is 49.9 Å². The van der Waals surface area contributed by atoms with Crippen molar-refractivity contribution in [3.05, 3.63) is 42.0 Å². The van der Waals surface area contributed by atoms with Gasteiger partial charge in [-0.1, -0.05) is 0 Å². The Balaban J connectivity index is 1.52. The van der Waals surface area contributed by atoms with E-state index < -0.39 is 11.6 Å². The highest BCUT2D eigenvalue weighted by Crippen LogP contribution is 2.41. The highest BCUT2D eigenvalue weighted by atomic mass is 16.5. The van der Waals surface area contributed by atoms with E-state index in [0.717, 1.165) is 40.9 Å². The van der Waals surface area contributed by atoms with Crippen LogP contribution in [0.4, 0.5) is 10.7 Å². The maximum Gasteiger partial charge on any atom is 0.322 e. The van der Waals surface area contributed by atoms with Gasteiger partial charge < -0.3 is 15.4 Å². The summed E-state index contributed by atoms with van der Waals surface area (Å²) in [5.41, 5.74) is 4.24. The summed E-state index contributed by atoms with van der Waals surface area (Å²) in [5, 5.41) is 13.4. The molecule has 178 valence electrons. The first-order chi connectivity index (χ1) is 16.4. The molecule has 5 rings (SSSR count). The Kier molecular flexibility index (Phi) is 5.68. The van der Waals surface area contributed by atoms with Gasteiger partial charge in [0.2, 0.25) is 5.95 Å². The molecular weight excluding hydrogens is 434 g/mol. The highest BCUT2D eigenvalue weighted by molar-refractivity contribution is 6.07. The van der Waals surface area contributed by atoms with Gasteiger partial charge in [0.1, 0.15) is 5.54 Å². The smallest absolute Gasteiger partial charge is 0.322 e. The largest absolute Gasteiger partial charge is 0.383 e. The van der Waals surface area contributed by atoms with E-state index in [4.69, 9.17) is 9.84 Å². The summed E-state index contributed by atoms with van der Waals surface area (Å²) in [6, 6.07) is 5.88. The molecule has 0 radical (unpaired) electrons. The molecule has 0 unspecified atom stereocenters. The van der Waals surface area contributed by atoms with Crippen LogP contribution < -0.4 is 16.0 Å². The average molecular weight is 464 g/mol. The molecule has 2 aliphatic rings. The molecule has 3 N–H and O–H groups in total. The van der Waals surface area contributed by atoms with Crippen molar-refractivity contribution >= 4 is 23.4 Å². The van der Waals surface area contributed by atoms with Crippen molar-refractivity contribution in [3.63, 3.8) is 0 Å². The molecule has 1 saturated carbocycles. The van der Waals surface area contributed by atoms with E-state index in [1.165, 1.54) is 0 Å². The molecule has 34 heavy (non-hydrogen) atoms. The Morgan fingerprint density at radius 2 is 2.06 bits per heavy atom. The topological polar surface area (TPSA) is 123 Å². The van der Waals surface area contributed by atoms with Gasteiger partial charge in [-0.25, -0.2) is 14.3 Å². The number of pyridine rings is 1. The molecule has 0 aromatic carbocycles. The van der Waals surface area contributed by atoms with Gasteiger partial charge in [-0.2, -0.15) is 0 Å². The zero-order valence-corrected chi connectivity index (χ0v) is 19.6. The van der Waals surface area contributed by atoms with Crippen molar-refractivity contribution in [1.29, 1.82) is 0 Å². The minimum Gasteiger partial charge on any atom is -0.383 e. The number of rotatable bonds is 6. The van der Waals surface area contributed by atoms with E-state index in [1.807, 2.05) is 36.8 Å². The van der Waals surface area contributed by atoms with Crippen LogP contribution >= 0.6 is 0 Å². The number of imide groups is 1. The van der Waals surface area contributed by atoms with Crippen LogP contribution in [-0.2, 0) is 9.53 Å². The molecule has 1 saturated heterocycles. The van der Waals surface area contributed by atoms with Gasteiger partial charge >= 0.3 is 6.03 Å². The van der Waals surface area contributed by atoms with Crippen molar-refractivity contribution < 1.29 is 14.3 Å². The number of carbonyl (C=O) groups excluding carboxylic acids is 2. The molecule has 1 aliphatic heterocycles. The molecule has 1 atom stereocenters. The summed E-state index contributed by atoms with van der Waals surface area (Å²) in [5.74, 6) is 0.505. The summed E-state index contributed by atoms with van der Waals surface area (Å²) in [6.07, 6.45) is 6.37. The fraction of sp³-hybridized carbons (Fsp3) is 0.458. The second-order valence-electron chi connectivity index (χ2n) is 9.31. The van der Waals surface area contributed by atoms with E-state index in [2.05, 4.69) is 38.1 Å². The zero-order chi connectivity index (χ0) is 23.9. The highest BCUT2D eigenvalue weighted by Gasteiger charge is 2.48. The van der Waals surface area contributed by atoms with Crippen LogP contribution in [0.15, 0.2) is 30.6 Å². The van der Waals surface area contributed by atoms with E-state index in [9.17, 15) is 9.59 Å². The molecule has 10 nitrogen and oxygen atoms in total. The van der Waals surface area contributed by atoms with Crippen molar-refractivity contribution in [2.75, 3.05) is 19.0 Å². The minimum atomic E-state index is -0.789. The van der Waals surface area contributed by atoms with Gasteiger partial charge in [0.25, 0.3) is 5.91 Å². The average Bonchev–Trinajstić information content (AvgIpc) is 3.31. The lowest BCUT2D eigenvalue weighted by Crippen LogP contribution is -2.49. The third kappa shape index (κ3) is 3.98. The van der Waals surface area contributed by atoms with Gasteiger partial charge in [0.15, 0.2) is 0 Å².